The minimum Gasteiger partial charge on any atom is -0.508 e. The van der Waals surface area contributed by atoms with Crippen LogP contribution in [0.2, 0.25) is 0 Å². The summed E-state index contributed by atoms with van der Waals surface area (Å²) in [4.78, 5) is 10.0. The van der Waals surface area contributed by atoms with Crippen LogP contribution in [0.15, 0.2) is 36.4 Å². The Morgan fingerprint density at radius 1 is 1.06 bits per heavy atom. The molecular weight excluding hydrogens is 426 g/mol. The van der Waals surface area contributed by atoms with E-state index < -0.39 is 0 Å². The maximum atomic E-state index is 9.84. The molecule has 7 rings (SSSR count). The van der Waals surface area contributed by atoms with Gasteiger partial charge in [-0.15, -0.1) is 0 Å². The Balaban J connectivity index is 1.12. The zero-order valence-corrected chi connectivity index (χ0v) is 19.5. The zero-order valence-electron chi connectivity index (χ0n) is 19.5. The van der Waals surface area contributed by atoms with Crippen molar-refractivity contribution in [3.05, 3.63) is 47.8 Å². The highest BCUT2D eigenvalue weighted by molar-refractivity contribution is 5.94. The number of piperazine rings is 1. The van der Waals surface area contributed by atoms with Crippen molar-refractivity contribution in [1.82, 2.24) is 35.2 Å². The largest absolute Gasteiger partial charge is 0.508 e. The first-order valence-electron chi connectivity index (χ1n) is 12.2. The number of aromatic nitrogens is 5. The molecule has 2 unspecified atom stereocenters. The van der Waals surface area contributed by atoms with Gasteiger partial charge in [-0.05, 0) is 67.1 Å². The molecule has 0 saturated carbocycles. The molecule has 34 heavy (non-hydrogen) atoms. The van der Waals surface area contributed by atoms with Gasteiger partial charge in [0.05, 0.1) is 12.1 Å². The second-order valence-corrected chi connectivity index (χ2v) is 10.4. The summed E-state index contributed by atoms with van der Waals surface area (Å²) in [5.74, 6) is 1.83. The molecule has 2 aromatic heterocycles. The fraction of sp³-hybridized carbons (Fsp3) is 0.423. The Morgan fingerprint density at radius 3 is 2.65 bits per heavy atom. The molecule has 3 aliphatic rings. The van der Waals surface area contributed by atoms with Gasteiger partial charge in [0.15, 0.2) is 0 Å². The van der Waals surface area contributed by atoms with E-state index in [9.17, 15) is 5.11 Å². The standard InChI is InChI=1S/C26H29N7O/c1-3-15-8-19(34)5-7-20(15)16-4-6-21-22(9-16)28-30-24(21)25-27-23(29-31-25)14-32-12-17-10-26(2)11-18(13-32)33(17)26/h4-9,17-18,34H,3,10-14H2,1-2H3,(H,28,30)(H,27,29,31). The maximum absolute atomic E-state index is 9.84. The van der Waals surface area contributed by atoms with Gasteiger partial charge in [0.25, 0.3) is 0 Å². The quantitative estimate of drug-likeness (QED) is 0.425. The third kappa shape index (κ3) is 2.95. The Hall–Kier alpha value is -3.23. The fourth-order valence-electron chi connectivity index (χ4n) is 6.76. The lowest BCUT2D eigenvalue weighted by Gasteiger charge is -2.73. The van der Waals surface area contributed by atoms with Crippen LogP contribution in [0.5, 0.6) is 5.75 Å². The highest BCUT2D eigenvalue weighted by Crippen LogP contribution is 2.53. The van der Waals surface area contributed by atoms with Gasteiger partial charge >= 0.3 is 0 Å². The normalized spacial score (nSPS) is 26.3. The summed E-state index contributed by atoms with van der Waals surface area (Å²) in [6, 6.07) is 13.3. The van der Waals surface area contributed by atoms with Gasteiger partial charge in [-0.1, -0.05) is 19.1 Å². The first-order valence-corrected chi connectivity index (χ1v) is 12.2. The highest BCUT2D eigenvalue weighted by atomic mass is 16.3. The molecule has 2 aromatic carbocycles. The number of piperidine rings is 1. The van der Waals surface area contributed by atoms with Crippen molar-refractivity contribution in [3.63, 3.8) is 0 Å². The number of fused-ring (bicyclic) bond motifs is 1. The van der Waals surface area contributed by atoms with E-state index in [1.807, 2.05) is 12.1 Å². The minimum atomic E-state index is 0.298. The Morgan fingerprint density at radius 2 is 1.88 bits per heavy atom. The van der Waals surface area contributed by atoms with Crippen molar-refractivity contribution in [2.45, 2.75) is 57.3 Å². The van der Waals surface area contributed by atoms with Crippen LogP contribution in [0.3, 0.4) is 0 Å². The molecule has 0 radical (unpaired) electrons. The lowest BCUT2D eigenvalue weighted by Crippen LogP contribution is -2.83. The SMILES string of the molecule is CCc1cc(O)ccc1-c1ccc2c(-c3n[nH]c(CN4CC5CC6(C)CC(C4)N56)n3)n[nH]c2c1. The van der Waals surface area contributed by atoms with E-state index in [1.165, 1.54) is 12.8 Å². The zero-order chi connectivity index (χ0) is 23.0. The fourth-order valence-corrected chi connectivity index (χ4v) is 6.76. The molecule has 3 N–H and O–H groups in total. The van der Waals surface area contributed by atoms with Gasteiger partial charge in [-0.3, -0.25) is 20.0 Å². The molecule has 174 valence electrons. The Kier molecular flexibility index (Phi) is 4.23. The summed E-state index contributed by atoms with van der Waals surface area (Å²) in [6.45, 7) is 7.54. The number of hydrogen-bond acceptors (Lipinski definition) is 6. The maximum Gasteiger partial charge on any atom is 0.202 e. The van der Waals surface area contributed by atoms with Gasteiger partial charge in [-0.2, -0.15) is 10.2 Å². The predicted octanol–water partition coefficient (Wildman–Crippen LogP) is 3.70. The number of aromatic hydroxyl groups is 1. The van der Waals surface area contributed by atoms with Crippen LogP contribution in [0, 0.1) is 0 Å². The third-order valence-corrected chi connectivity index (χ3v) is 8.16. The summed E-state index contributed by atoms with van der Waals surface area (Å²) in [7, 11) is 0. The number of H-pyrrole nitrogens is 2. The summed E-state index contributed by atoms with van der Waals surface area (Å²) in [5.41, 5.74) is 5.55. The summed E-state index contributed by atoms with van der Waals surface area (Å²) < 4.78 is 0. The first-order chi connectivity index (χ1) is 16.5. The molecule has 8 heteroatoms. The molecule has 0 bridgehead atoms. The summed E-state index contributed by atoms with van der Waals surface area (Å²) >= 11 is 0. The van der Waals surface area contributed by atoms with Crippen LogP contribution in [0.4, 0.5) is 0 Å². The Labute approximate surface area is 198 Å². The molecule has 3 aliphatic heterocycles. The van der Waals surface area contributed by atoms with E-state index in [0.29, 0.717) is 29.2 Å². The lowest BCUT2D eigenvalue weighted by atomic mass is 9.64. The van der Waals surface area contributed by atoms with Gasteiger partial charge in [-0.25, -0.2) is 4.98 Å². The number of hydrogen-bond donors (Lipinski definition) is 3. The number of nitrogens with one attached hydrogen (secondary N) is 2. The molecule has 4 aromatic rings. The number of phenols is 1. The Bertz CT molecular complexity index is 1390. The van der Waals surface area contributed by atoms with Crippen LogP contribution in [0.25, 0.3) is 33.5 Å². The number of nitrogens with zero attached hydrogens (tertiary/aromatic N) is 5. The average Bonchev–Trinajstić information content (AvgIpc) is 3.43. The van der Waals surface area contributed by atoms with Crippen LogP contribution in [0.1, 0.15) is 38.1 Å². The van der Waals surface area contributed by atoms with Crippen molar-refractivity contribution in [2.75, 3.05) is 13.1 Å². The molecule has 3 fully saturated rings. The molecule has 0 amide bonds. The van der Waals surface area contributed by atoms with E-state index in [2.05, 4.69) is 62.2 Å². The number of phenolic OH excluding ortho intramolecular Hbond substituents is 1. The van der Waals surface area contributed by atoms with Gasteiger partial charge in [0, 0.05) is 36.1 Å². The van der Waals surface area contributed by atoms with Crippen LogP contribution >= 0.6 is 0 Å². The van der Waals surface area contributed by atoms with E-state index >= 15 is 0 Å². The molecule has 2 atom stereocenters. The molecule has 0 spiro atoms. The average molecular weight is 456 g/mol. The van der Waals surface area contributed by atoms with Crippen molar-refractivity contribution < 1.29 is 5.11 Å². The smallest absolute Gasteiger partial charge is 0.202 e. The van der Waals surface area contributed by atoms with E-state index in [4.69, 9.17) is 4.98 Å². The second-order valence-electron chi connectivity index (χ2n) is 10.4. The van der Waals surface area contributed by atoms with Gasteiger partial charge in [0.2, 0.25) is 5.82 Å². The third-order valence-electron chi connectivity index (χ3n) is 8.16. The first kappa shape index (κ1) is 20.2. The van der Waals surface area contributed by atoms with Crippen molar-refractivity contribution >= 4 is 10.9 Å². The highest BCUT2D eigenvalue weighted by Gasteiger charge is 2.62. The number of benzene rings is 2. The summed E-state index contributed by atoms with van der Waals surface area (Å²) in [5, 5.41) is 26.2. The van der Waals surface area contributed by atoms with Crippen LogP contribution in [-0.2, 0) is 13.0 Å². The van der Waals surface area contributed by atoms with Crippen LogP contribution < -0.4 is 0 Å². The number of aromatic amines is 2. The van der Waals surface area contributed by atoms with Crippen molar-refractivity contribution in [2.24, 2.45) is 0 Å². The second kappa shape index (κ2) is 7.13. The molecular formula is C26H29N7O. The number of aryl methyl sites for hydroxylation is 1. The molecule has 5 heterocycles. The van der Waals surface area contributed by atoms with E-state index in [1.54, 1.807) is 6.07 Å². The van der Waals surface area contributed by atoms with E-state index in [0.717, 1.165) is 65.2 Å². The van der Waals surface area contributed by atoms with Crippen LogP contribution in [-0.4, -0.2) is 71.0 Å². The van der Waals surface area contributed by atoms with Crippen molar-refractivity contribution in [1.29, 1.82) is 0 Å². The van der Waals surface area contributed by atoms with Gasteiger partial charge < -0.3 is 5.11 Å². The van der Waals surface area contributed by atoms with Crippen molar-refractivity contribution in [3.8, 4) is 28.4 Å². The number of rotatable bonds is 5. The minimum absolute atomic E-state index is 0.298. The lowest BCUT2D eigenvalue weighted by molar-refractivity contribution is -0.224. The predicted molar refractivity (Wildman–Crippen MR) is 130 cm³/mol. The monoisotopic (exact) mass is 455 g/mol. The van der Waals surface area contributed by atoms with Gasteiger partial charge in [0.1, 0.15) is 17.3 Å². The molecule has 0 aliphatic carbocycles. The molecule has 8 nitrogen and oxygen atoms in total. The number of likely N-dealkylation sites (tertiary alicyclic amines) is 1. The summed E-state index contributed by atoms with van der Waals surface area (Å²) in [6.07, 6.45) is 3.51. The topological polar surface area (TPSA) is 97.0 Å². The van der Waals surface area contributed by atoms with E-state index in [-0.39, 0.29) is 0 Å². The molecule has 3 saturated heterocycles.